The molecule has 2 aromatic rings. The van der Waals surface area contributed by atoms with Gasteiger partial charge in [-0.1, -0.05) is 23.7 Å². The predicted octanol–water partition coefficient (Wildman–Crippen LogP) is 5.44. The number of carbonyl (C=O) groups excluding carboxylic acids is 2. The van der Waals surface area contributed by atoms with Crippen LogP contribution in [0, 0.1) is 0 Å². The Morgan fingerprint density at radius 3 is 2.64 bits per heavy atom. The molecule has 0 saturated heterocycles. The lowest BCUT2D eigenvalue weighted by atomic mass is 9.89. The summed E-state index contributed by atoms with van der Waals surface area (Å²) in [6.45, 7) is 2.11. The van der Waals surface area contributed by atoms with Crippen LogP contribution in [0.15, 0.2) is 40.2 Å². The molecule has 3 rings (SSSR count). The zero-order valence-corrected chi connectivity index (χ0v) is 18.5. The highest BCUT2D eigenvalue weighted by atomic mass is 35.5. The van der Waals surface area contributed by atoms with E-state index in [-0.39, 0.29) is 11.8 Å². The van der Waals surface area contributed by atoms with E-state index >= 15 is 0 Å². The number of Topliss-reactive ketones (excluding diaryl/α,β-unsaturated/α-hetero) is 1. The molecule has 7 heteroatoms. The van der Waals surface area contributed by atoms with Gasteiger partial charge in [-0.05, 0) is 43.0 Å². The van der Waals surface area contributed by atoms with Crippen LogP contribution in [0.1, 0.15) is 44.5 Å². The second-order valence-electron chi connectivity index (χ2n) is 6.65. The summed E-state index contributed by atoms with van der Waals surface area (Å²) in [6.07, 6.45) is 3.18. The molecule has 1 aliphatic rings. The zero-order valence-electron chi connectivity index (χ0n) is 16.1. The molecule has 28 heavy (non-hydrogen) atoms. The molecule has 0 saturated carbocycles. The van der Waals surface area contributed by atoms with Crippen molar-refractivity contribution in [1.82, 2.24) is 4.90 Å². The summed E-state index contributed by atoms with van der Waals surface area (Å²) < 4.78 is 6.10. The summed E-state index contributed by atoms with van der Waals surface area (Å²) in [5.41, 5.74) is 3.40. The van der Waals surface area contributed by atoms with Gasteiger partial charge < -0.3 is 9.64 Å². The predicted molar refractivity (Wildman–Crippen MR) is 116 cm³/mol. The van der Waals surface area contributed by atoms with Crippen molar-refractivity contribution in [2.45, 2.75) is 29.7 Å². The fourth-order valence-corrected chi connectivity index (χ4v) is 5.68. The first-order valence-electron chi connectivity index (χ1n) is 9.02. The standard InChI is InChI=1S/C21H22ClNO3S2/c1-4-26-20(25)19-16-10-7-14(11-23(2)3)18(24)17(16)21(28-19)27-12-13-5-8-15(22)9-6-13/h5-6,8-9,11H,4,7,10,12H2,1-3H3/b14-11+. The van der Waals surface area contributed by atoms with Gasteiger partial charge in [0.05, 0.1) is 16.4 Å². The number of nitrogens with zero attached hydrogens (tertiary/aromatic N) is 1. The van der Waals surface area contributed by atoms with Gasteiger partial charge in [-0.3, -0.25) is 4.79 Å². The normalized spacial score (nSPS) is 14.9. The minimum atomic E-state index is -0.338. The molecule has 0 bridgehead atoms. The van der Waals surface area contributed by atoms with E-state index in [2.05, 4.69) is 0 Å². The van der Waals surface area contributed by atoms with E-state index in [4.69, 9.17) is 16.3 Å². The van der Waals surface area contributed by atoms with Crippen LogP contribution >= 0.6 is 34.7 Å². The van der Waals surface area contributed by atoms with E-state index in [1.54, 1.807) is 18.7 Å². The molecule has 0 atom stereocenters. The van der Waals surface area contributed by atoms with Crippen LogP contribution in [-0.4, -0.2) is 37.4 Å². The van der Waals surface area contributed by atoms with Crippen LogP contribution < -0.4 is 0 Å². The number of ether oxygens (including phenoxy) is 1. The minimum Gasteiger partial charge on any atom is -0.462 e. The summed E-state index contributed by atoms with van der Waals surface area (Å²) in [6, 6.07) is 7.66. The lowest BCUT2D eigenvalue weighted by Crippen LogP contribution is -2.18. The number of esters is 1. The molecule has 0 N–H and O–H groups in total. The number of halogens is 1. The second kappa shape index (κ2) is 9.16. The van der Waals surface area contributed by atoms with Crippen LogP contribution in [0.3, 0.4) is 0 Å². The van der Waals surface area contributed by atoms with Crippen molar-refractivity contribution in [3.63, 3.8) is 0 Å². The first-order valence-corrected chi connectivity index (χ1v) is 11.2. The zero-order chi connectivity index (χ0) is 20.3. The molecule has 0 unspecified atom stereocenters. The van der Waals surface area contributed by atoms with E-state index < -0.39 is 0 Å². The number of thiophene rings is 1. The average Bonchev–Trinajstić information content (AvgIpc) is 3.03. The fraction of sp³-hybridized carbons (Fsp3) is 0.333. The Morgan fingerprint density at radius 2 is 2.00 bits per heavy atom. The van der Waals surface area contributed by atoms with Gasteiger partial charge in [0.1, 0.15) is 4.88 Å². The monoisotopic (exact) mass is 435 g/mol. The topological polar surface area (TPSA) is 46.6 Å². The number of fused-ring (bicyclic) bond motifs is 1. The van der Waals surface area contributed by atoms with Crippen molar-refractivity contribution in [3.05, 3.63) is 62.6 Å². The van der Waals surface area contributed by atoms with Gasteiger partial charge >= 0.3 is 5.97 Å². The Bertz CT molecular complexity index is 916. The molecule has 148 valence electrons. The van der Waals surface area contributed by atoms with Crippen molar-refractivity contribution < 1.29 is 14.3 Å². The van der Waals surface area contributed by atoms with Gasteiger partial charge in [-0.25, -0.2) is 4.79 Å². The second-order valence-corrected chi connectivity index (χ2v) is 9.36. The summed E-state index contributed by atoms with van der Waals surface area (Å²) in [4.78, 5) is 28.0. The third kappa shape index (κ3) is 4.62. The molecule has 1 heterocycles. The number of benzene rings is 1. The van der Waals surface area contributed by atoms with E-state index in [1.807, 2.05) is 49.5 Å². The smallest absolute Gasteiger partial charge is 0.348 e. The van der Waals surface area contributed by atoms with Crippen LogP contribution in [0.4, 0.5) is 0 Å². The van der Waals surface area contributed by atoms with Crippen molar-refractivity contribution >= 4 is 46.5 Å². The Balaban J connectivity index is 1.95. The third-order valence-electron chi connectivity index (χ3n) is 4.30. The number of allylic oxidation sites excluding steroid dienone is 1. The van der Waals surface area contributed by atoms with E-state index in [1.165, 1.54) is 11.3 Å². The largest absolute Gasteiger partial charge is 0.462 e. The SMILES string of the molecule is CCOC(=O)c1sc(SCc2ccc(Cl)cc2)c2c1CC/C(=C\N(C)C)C2=O. The molecule has 0 fully saturated rings. The number of hydrogen-bond donors (Lipinski definition) is 0. The van der Waals surface area contributed by atoms with Crippen LogP contribution in [0.25, 0.3) is 0 Å². The maximum atomic E-state index is 13.2. The molecular weight excluding hydrogens is 414 g/mol. The van der Waals surface area contributed by atoms with Crippen LogP contribution in [-0.2, 0) is 16.9 Å². The number of rotatable bonds is 6. The third-order valence-corrected chi connectivity index (χ3v) is 7.10. The summed E-state index contributed by atoms with van der Waals surface area (Å²) in [7, 11) is 3.81. The van der Waals surface area contributed by atoms with Gasteiger partial charge in [0.15, 0.2) is 5.78 Å². The quantitative estimate of drug-likeness (QED) is 0.343. The molecule has 1 aromatic heterocycles. The number of hydrogen-bond acceptors (Lipinski definition) is 6. The number of thioether (sulfide) groups is 1. The molecule has 1 aromatic carbocycles. The number of carbonyl (C=O) groups is 2. The van der Waals surface area contributed by atoms with Crippen LogP contribution in [0.5, 0.6) is 0 Å². The summed E-state index contributed by atoms with van der Waals surface area (Å²) >= 11 is 8.91. The maximum absolute atomic E-state index is 13.2. The lowest BCUT2D eigenvalue weighted by molar-refractivity contribution is 0.0531. The van der Waals surface area contributed by atoms with E-state index in [0.717, 1.165) is 20.9 Å². The Hall–Kier alpha value is -1.76. The highest BCUT2D eigenvalue weighted by molar-refractivity contribution is 8.00. The van der Waals surface area contributed by atoms with Gasteiger partial charge in [-0.2, -0.15) is 0 Å². The van der Waals surface area contributed by atoms with Crippen molar-refractivity contribution in [2.75, 3.05) is 20.7 Å². The molecular formula is C21H22ClNO3S2. The summed E-state index contributed by atoms with van der Waals surface area (Å²) in [5, 5.41) is 0.695. The van der Waals surface area contributed by atoms with Crippen LogP contribution in [0.2, 0.25) is 5.02 Å². The minimum absolute atomic E-state index is 0.0142. The number of ketones is 1. The molecule has 0 spiro atoms. The Morgan fingerprint density at radius 1 is 1.29 bits per heavy atom. The maximum Gasteiger partial charge on any atom is 0.348 e. The summed E-state index contributed by atoms with van der Waals surface area (Å²) in [5.74, 6) is 0.377. The lowest BCUT2D eigenvalue weighted by Gasteiger charge is -2.18. The fourth-order valence-electron chi connectivity index (χ4n) is 3.07. The van der Waals surface area contributed by atoms with Gasteiger partial charge in [0, 0.05) is 36.6 Å². The van der Waals surface area contributed by atoms with Gasteiger partial charge in [-0.15, -0.1) is 23.1 Å². The first-order chi connectivity index (χ1) is 13.4. The average molecular weight is 436 g/mol. The van der Waals surface area contributed by atoms with E-state index in [9.17, 15) is 9.59 Å². The first kappa shape index (κ1) is 21.0. The Kier molecular flexibility index (Phi) is 6.86. The van der Waals surface area contributed by atoms with Gasteiger partial charge in [0.25, 0.3) is 0 Å². The van der Waals surface area contributed by atoms with Crippen molar-refractivity contribution in [2.24, 2.45) is 0 Å². The van der Waals surface area contributed by atoms with Gasteiger partial charge in [0.2, 0.25) is 0 Å². The molecule has 0 aliphatic heterocycles. The Labute approximate surface area is 178 Å². The molecule has 0 radical (unpaired) electrons. The highest BCUT2D eigenvalue weighted by Crippen LogP contribution is 2.42. The highest BCUT2D eigenvalue weighted by Gasteiger charge is 2.32. The molecule has 1 aliphatic carbocycles. The molecule has 4 nitrogen and oxygen atoms in total. The van der Waals surface area contributed by atoms with E-state index in [0.29, 0.717) is 40.7 Å². The van der Waals surface area contributed by atoms with Crippen molar-refractivity contribution in [3.8, 4) is 0 Å². The molecule has 0 amide bonds. The van der Waals surface area contributed by atoms with Crippen molar-refractivity contribution in [1.29, 1.82) is 0 Å².